The Morgan fingerprint density at radius 2 is 1.89 bits per heavy atom. The molecule has 6 nitrogen and oxygen atoms in total. The molecule has 0 saturated carbocycles. The Morgan fingerprint density at radius 3 is 2.57 bits per heavy atom. The zero-order valence-electron chi connectivity index (χ0n) is 16.5. The minimum Gasteiger partial charge on any atom is -0.343 e. The second-order valence-corrected chi connectivity index (χ2v) is 7.40. The summed E-state index contributed by atoms with van der Waals surface area (Å²) < 4.78 is 13.4. The second kappa shape index (κ2) is 11.5. The topological polar surface area (TPSA) is 78.5 Å². The first-order chi connectivity index (χ1) is 13.4. The summed E-state index contributed by atoms with van der Waals surface area (Å²) in [6, 6.07) is 4.99. The van der Waals surface area contributed by atoms with E-state index >= 15 is 0 Å². The molecule has 0 bridgehead atoms. The summed E-state index contributed by atoms with van der Waals surface area (Å²) >= 11 is 0. The minimum absolute atomic E-state index is 0.152. The molecule has 1 aromatic carbocycles. The van der Waals surface area contributed by atoms with Gasteiger partial charge in [0.25, 0.3) is 0 Å². The quantitative estimate of drug-likeness (QED) is 0.569. The molecule has 7 heteroatoms. The number of unbranched alkanes of at least 4 members (excludes halogenated alkanes) is 2. The van der Waals surface area contributed by atoms with Gasteiger partial charge < -0.3 is 15.4 Å². The van der Waals surface area contributed by atoms with Gasteiger partial charge in [-0.05, 0) is 63.9 Å². The van der Waals surface area contributed by atoms with Crippen molar-refractivity contribution in [1.29, 1.82) is 0 Å². The van der Waals surface area contributed by atoms with E-state index in [1.807, 2.05) is 0 Å². The molecular formula is C21H30FN3O3. The van der Waals surface area contributed by atoms with Gasteiger partial charge in [0, 0.05) is 12.1 Å². The Kier molecular flexibility index (Phi) is 9.07. The molecule has 1 aliphatic rings. The molecule has 0 radical (unpaired) electrons. The summed E-state index contributed by atoms with van der Waals surface area (Å²) in [5.41, 5.74) is 0.361. The van der Waals surface area contributed by atoms with Gasteiger partial charge in [-0.1, -0.05) is 18.9 Å². The van der Waals surface area contributed by atoms with Crippen LogP contribution in [0, 0.1) is 5.82 Å². The number of anilines is 1. The van der Waals surface area contributed by atoms with E-state index in [1.54, 1.807) is 13.0 Å². The lowest BCUT2D eigenvalue weighted by atomic mass is 10.1. The van der Waals surface area contributed by atoms with Crippen molar-refractivity contribution in [2.24, 2.45) is 0 Å². The number of nitrogens with one attached hydrogen (secondary N) is 2. The highest BCUT2D eigenvalue weighted by Crippen LogP contribution is 2.13. The summed E-state index contributed by atoms with van der Waals surface area (Å²) in [5.74, 6) is -0.812. The molecule has 1 saturated heterocycles. The predicted octanol–water partition coefficient (Wildman–Crippen LogP) is 2.88. The van der Waals surface area contributed by atoms with Crippen LogP contribution in [0.25, 0.3) is 0 Å². The number of hydrogen-bond acceptors (Lipinski definition) is 4. The number of amides is 2. The second-order valence-electron chi connectivity index (χ2n) is 7.40. The molecule has 154 valence electrons. The molecule has 2 N–H and O–H groups in total. The van der Waals surface area contributed by atoms with Gasteiger partial charge in [0.2, 0.25) is 11.8 Å². The molecule has 2 amide bonds. The van der Waals surface area contributed by atoms with Gasteiger partial charge in [-0.3, -0.25) is 14.5 Å². The van der Waals surface area contributed by atoms with Crippen molar-refractivity contribution >= 4 is 23.3 Å². The lowest BCUT2D eigenvalue weighted by Gasteiger charge is -2.21. The molecule has 1 atom stereocenters. The van der Waals surface area contributed by atoms with Crippen molar-refractivity contribution in [3.8, 4) is 0 Å². The molecule has 0 unspecified atom stereocenters. The van der Waals surface area contributed by atoms with E-state index in [0.29, 0.717) is 18.5 Å². The highest BCUT2D eigenvalue weighted by atomic mass is 19.1. The number of benzene rings is 1. The highest BCUT2D eigenvalue weighted by Gasteiger charge is 2.23. The first-order valence-electron chi connectivity index (χ1n) is 10.0. The van der Waals surface area contributed by atoms with E-state index in [0.717, 1.165) is 45.2 Å². The number of halogens is 1. The van der Waals surface area contributed by atoms with E-state index in [9.17, 15) is 18.8 Å². The largest absolute Gasteiger partial charge is 0.343 e. The fourth-order valence-electron chi connectivity index (χ4n) is 3.35. The maximum absolute atomic E-state index is 13.4. The molecule has 0 aliphatic carbocycles. The van der Waals surface area contributed by atoms with Gasteiger partial charge in [0.05, 0.1) is 6.54 Å². The molecule has 1 aliphatic heterocycles. The van der Waals surface area contributed by atoms with Crippen LogP contribution in [-0.2, 0) is 14.4 Å². The van der Waals surface area contributed by atoms with Crippen molar-refractivity contribution in [3.05, 3.63) is 30.1 Å². The number of carbonyl (C=O) groups is 3. The number of rotatable bonds is 11. The lowest BCUT2D eigenvalue weighted by Crippen LogP contribution is -2.47. The van der Waals surface area contributed by atoms with Gasteiger partial charge in [-0.2, -0.15) is 0 Å². The molecule has 2 rings (SSSR count). The number of hydrogen-bond donors (Lipinski definition) is 2. The first kappa shape index (κ1) is 22.0. The first-order valence-corrected chi connectivity index (χ1v) is 10.0. The van der Waals surface area contributed by atoms with E-state index in [-0.39, 0.29) is 24.1 Å². The van der Waals surface area contributed by atoms with Gasteiger partial charge >= 0.3 is 0 Å². The van der Waals surface area contributed by atoms with Crippen molar-refractivity contribution < 1.29 is 18.8 Å². The third kappa shape index (κ3) is 8.17. The third-order valence-electron chi connectivity index (χ3n) is 4.83. The Bertz CT molecular complexity index is 675. The van der Waals surface area contributed by atoms with Crippen molar-refractivity contribution in [2.45, 2.75) is 57.9 Å². The summed E-state index contributed by atoms with van der Waals surface area (Å²) in [5, 5.41) is 5.50. The van der Waals surface area contributed by atoms with Crippen LogP contribution in [0.1, 0.15) is 51.9 Å². The van der Waals surface area contributed by atoms with E-state index < -0.39 is 11.9 Å². The third-order valence-corrected chi connectivity index (χ3v) is 4.83. The fraction of sp³-hybridized carbons (Fsp3) is 0.571. The zero-order chi connectivity index (χ0) is 20.4. The van der Waals surface area contributed by atoms with Crippen molar-refractivity contribution in [2.75, 3.05) is 25.0 Å². The van der Waals surface area contributed by atoms with E-state index in [2.05, 4.69) is 15.5 Å². The normalized spacial score (nSPS) is 15.2. The maximum atomic E-state index is 13.4. The summed E-state index contributed by atoms with van der Waals surface area (Å²) in [4.78, 5) is 38.1. The number of Topliss-reactive ketones (excluding diaryl/α,β-unsaturated/α-hetero) is 1. The van der Waals surface area contributed by atoms with Gasteiger partial charge in [-0.25, -0.2) is 4.39 Å². The molecular weight excluding hydrogens is 361 g/mol. The number of likely N-dealkylation sites (tertiary alicyclic amines) is 1. The van der Waals surface area contributed by atoms with Crippen LogP contribution in [0.15, 0.2) is 24.3 Å². The van der Waals surface area contributed by atoms with Crippen LogP contribution < -0.4 is 10.6 Å². The highest BCUT2D eigenvalue weighted by molar-refractivity contribution is 5.97. The molecule has 1 aromatic rings. The SMILES string of the molecule is CC(=O)CCCCC[C@H](NC(=O)CN1CCCC1)C(=O)Nc1cccc(F)c1. The van der Waals surface area contributed by atoms with E-state index in [1.165, 1.54) is 18.2 Å². The molecule has 0 aromatic heterocycles. The fourth-order valence-corrected chi connectivity index (χ4v) is 3.35. The van der Waals surface area contributed by atoms with Gasteiger partial charge in [0.1, 0.15) is 17.6 Å². The van der Waals surface area contributed by atoms with Crippen LogP contribution in [0.4, 0.5) is 10.1 Å². The number of ketones is 1. The summed E-state index contributed by atoms with van der Waals surface area (Å²) in [6.45, 7) is 3.65. The minimum atomic E-state index is -0.685. The maximum Gasteiger partial charge on any atom is 0.246 e. The van der Waals surface area contributed by atoms with Crippen molar-refractivity contribution in [3.63, 3.8) is 0 Å². The van der Waals surface area contributed by atoms with Crippen molar-refractivity contribution in [1.82, 2.24) is 10.2 Å². The Hall–Kier alpha value is -2.28. The van der Waals surface area contributed by atoms with Gasteiger partial charge in [0.15, 0.2) is 0 Å². The predicted molar refractivity (Wildman–Crippen MR) is 106 cm³/mol. The molecule has 1 heterocycles. The Morgan fingerprint density at radius 1 is 1.14 bits per heavy atom. The summed E-state index contributed by atoms with van der Waals surface area (Å²) in [6.07, 6.45) is 5.49. The molecule has 28 heavy (non-hydrogen) atoms. The molecule has 0 spiro atoms. The lowest BCUT2D eigenvalue weighted by molar-refractivity contribution is -0.127. The van der Waals surface area contributed by atoms with Crippen LogP contribution >= 0.6 is 0 Å². The van der Waals surface area contributed by atoms with E-state index in [4.69, 9.17) is 0 Å². The molecule has 1 fully saturated rings. The standard InChI is InChI=1S/C21H30FN3O3/c1-16(26)8-3-2-4-11-19(24-20(27)15-25-12-5-6-13-25)21(28)23-18-10-7-9-17(22)14-18/h7,9-10,14,19H,2-6,8,11-13,15H2,1H3,(H,23,28)(H,24,27)/t19-/m0/s1. The average Bonchev–Trinajstić information content (AvgIpc) is 3.13. The monoisotopic (exact) mass is 391 g/mol. The summed E-state index contributed by atoms with van der Waals surface area (Å²) in [7, 11) is 0. The van der Waals surface area contributed by atoms with Crippen LogP contribution in [0.3, 0.4) is 0 Å². The average molecular weight is 391 g/mol. The van der Waals surface area contributed by atoms with Crippen LogP contribution in [-0.4, -0.2) is 48.2 Å². The van der Waals surface area contributed by atoms with Crippen LogP contribution in [0.5, 0.6) is 0 Å². The Balaban J connectivity index is 1.90. The smallest absolute Gasteiger partial charge is 0.246 e. The number of nitrogens with zero attached hydrogens (tertiary/aromatic N) is 1. The Labute approximate surface area is 165 Å². The van der Waals surface area contributed by atoms with Crippen LogP contribution in [0.2, 0.25) is 0 Å². The van der Waals surface area contributed by atoms with Gasteiger partial charge in [-0.15, -0.1) is 0 Å². The number of carbonyl (C=O) groups excluding carboxylic acids is 3. The zero-order valence-corrected chi connectivity index (χ0v) is 16.5.